The Morgan fingerprint density at radius 2 is 1.18 bits per heavy atom. The summed E-state index contributed by atoms with van der Waals surface area (Å²) in [5.74, 6) is -0.953. The van der Waals surface area contributed by atoms with E-state index in [9.17, 15) is 45.3 Å². The first-order chi connectivity index (χ1) is 24.5. The van der Waals surface area contributed by atoms with Crippen LogP contribution < -0.4 is 0 Å². The second kappa shape index (κ2) is 26.1. The Hall–Kier alpha value is -1.76. The maximum absolute atomic E-state index is 12.7. The molecule has 0 aromatic heterocycles. The molecule has 2 fully saturated rings. The van der Waals surface area contributed by atoms with Crippen LogP contribution in [0.4, 0.5) is 0 Å². The molecule has 298 valence electrons. The largest absolute Gasteiger partial charge is 0.462 e. The van der Waals surface area contributed by atoms with Gasteiger partial charge in [-0.3, -0.25) is 9.59 Å². The van der Waals surface area contributed by atoms with Crippen molar-refractivity contribution in [2.75, 3.05) is 26.4 Å². The van der Waals surface area contributed by atoms with Crippen LogP contribution in [0.2, 0.25) is 0 Å². The predicted molar refractivity (Wildman–Crippen MR) is 183 cm³/mol. The van der Waals surface area contributed by atoms with E-state index in [4.69, 9.17) is 28.4 Å². The van der Waals surface area contributed by atoms with E-state index < -0.39 is 92.7 Å². The third kappa shape index (κ3) is 16.8. The van der Waals surface area contributed by atoms with E-state index in [1.54, 1.807) is 0 Å². The molecule has 2 rings (SSSR count). The molecule has 15 heteroatoms. The van der Waals surface area contributed by atoms with E-state index in [2.05, 4.69) is 26.0 Å². The Bertz CT molecular complexity index is 965. The average molecular weight is 737 g/mol. The molecule has 7 N–H and O–H groups in total. The number of ether oxygens (including phenoxy) is 6. The summed E-state index contributed by atoms with van der Waals surface area (Å²) in [5, 5.41) is 71.3. The molecule has 2 aliphatic heterocycles. The number of rotatable bonds is 26. The topological polar surface area (TPSA) is 231 Å². The Balaban J connectivity index is 1.92. The van der Waals surface area contributed by atoms with Crippen LogP contribution in [0.3, 0.4) is 0 Å². The van der Waals surface area contributed by atoms with Gasteiger partial charge in [-0.2, -0.15) is 0 Å². The van der Waals surface area contributed by atoms with Crippen LogP contribution in [0, 0.1) is 0 Å². The van der Waals surface area contributed by atoms with Crippen molar-refractivity contribution in [3.05, 3.63) is 12.2 Å². The molecule has 0 saturated carbocycles. The monoisotopic (exact) mass is 736 g/mol. The van der Waals surface area contributed by atoms with E-state index in [1.165, 1.54) is 0 Å². The van der Waals surface area contributed by atoms with Gasteiger partial charge in [0.1, 0.15) is 55.4 Å². The number of aliphatic hydroxyl groups excluding tert-OH is 7. The van der Waals surface area contributed by atoms with Gasteiger partial charge < -0.3 is 64.2 Å². The molecule has 0 unspecified atom stereocenters. The van der Waals surface area contributed by atoms with Crippen LogP contribution in [0.5, 0.6) is 0 Å². The Kier molecular flexibility index (Phi) is 23.2. The number of allylic oxidation sites excluding steroid dienone is 2. The zero-order valence-corrected chi connectivity index (χ0v) is 30.3. The maximum Gasteiger partial charge on any atom is 0.306 e. The first kappa shape index (κ1) is 45.4. The number of hydrogen-bond acceptors (Lipinski definition) is 15. The first-order valence-electron chi connectivity index (χ1n) is 18.8. The van der Waals surface area contributed by atoms with Gasteiger partial charge in [-0.1, -0.05) is 77.4 Å². The number of carbonyl (C=O) groups excluding carboxylic acids is 2. The van der Waals surface area contributed by atoms with Crippen molar-refractivity contribution in [2.45, 2.75) is 178 Å². The summed E-state index contributed by atoms with van der Waals surface area (Å²) >= 11 is 0. The van der Waals surface area contributed by atoms with Gasteiger partial charge in [0.2, 0.25) is 0 Å². The Labute approximate surface area is 301 Å². The molecule has 0 radical (unpaired) electrons. The molecule has 11 atom stereocenters. The van der Waals surface area contributed by atoms with Crippen molar-refractivity contribution in [1.82, 2.24) is 0 Å². The van der Waals surface area contributed by atoms with E-state index in [-0.39, 0.29) is 26.1 Å². The summed E-state index contributed by atoms with van der Waals surface area (Å²) in [6.45, 7) is 2.34. The molecule has 0 spiro atoms. The summed E-state index contributed by atoms with van der Waals surface area (Å²) in [6.07, 6.45) is 0.540. The van der Waals surface area contributed by atoms with Crippen LogP contribution in [-0.2, 0) is 38.0 Å². The van der Waals surface area contributed by atoms with E-state index >= 15 is 0 Å². The minimum absolute atomic E-state index is 0.162. The van der Waals surface area contributed by atoms with Crippen molar-refractivity contribution < 1.29 is 73.8 Å². The fourth-order valence-electron chi connectivity index (χ4n) is 5.80. The lowest BCUT2D eigenvalue weighted by atomic mass is 9.98. The highest BCUT2D eigenvalue weighted by atomic mass is 16.7. The number of carbonyl (C=O) groups is 2. The molecule has 0 aromatic rings. The number of aliphatic hydroxyl groups is 7. The van der Waals surface area contributed by atoms with E-state index in [0.717, 1.165) is 70.6 Å². The maximum atomic E-state index is 12.7. The summed E-state index contributed by atoms with van der Waals surface area (Å²) < 4.78 is 33.1. The molecule has 0 aromatic carbocycles. The summed E-state index contributed by atoms with van der Waals surface area (Å²) in [7, 11) is 0. The quantitative estimate of drug-likeness (QED) is 0.0379. The van der Waals surface area contributed by atoms with Crippen molar-refractivity contribution in [2.24, 2.45) is 0 Å². The Morgan fingerprint density at radius 1 is 0.627 bits per heavy atom. The first-order valence-corrected chi connectivity index (χ1v) is 18.8. The second-order valence-electron chi connectivity index (χ2n) is 13.4. The van der Waals surface area contributed by atoms with Gasteiger partial charge in [0.25, 0.3) is 0 Å². The fraction of sp³-hybridized carbons (Fsp3) is 0.889. The molecule has 15 nitrogen and oxygen atoms in total. The molecule has 2 saturated heterocycles. The minimum Gasteiger partial charge on any atom is -0.462 e. The average Bonchev–Trinajstić information content (AvgIpc) is 3.12. The van der Waals surface area contributed by atoms with Gasteiger partial charge in [-0.25, -0.2) is 0 Å². The van der Waals surface area contributed by atoms with Crippen molar-refractivity contribution in [3.8, 4) is 0 Å². The van der Waals surface area contributed by atoms with Crippen LogP contribution >= 0.6 is 0 Å². The molecular weight excluding hydrogens is 672 g/mol. The minimum atomic E-state index is -1.76. The lowest BCUT2D eigenvalue weighted by Gasteiger charge is -2.42. The lowest BCUT2D eigenvalue weighted by molar-refractivity contribution is -0.332. The third-order valence-corrected chi connectivity index (χ3v) is 9.00. The number of esters is 2. The molecule has 0 bridgehead atoms. The lowest BCUT2D eigenvalue weighted by Crippen LogP contribution is -2.61. The van der Waals surface area contributed by atoms with Gasteiger partial charge in [-0.15, -0.1) is 0 Å². The Morgan fingerprint density at radius 3 is 1.80 bits per heavy atom. The molecule has 0 aliphatic carbocycles. The van der Waals surface area contributed by atoms with Crippen molar-refractivity contribution in [1.29, 1.82) is 0 Å². The standard InChI is InChI=1S/C36H64O15/c1-3-5-7-9-11-12-13-15-16-18-27(38)46-21-24(49-28(39)19-17-14-10-8-6-4-2)22-47-35-34(45)32(43)30(41)26(51-35)23-48-36-33(44)31(42)29(40)25(20-37)50-36/h5,7,24-26,29-37,40-45H,3-4,6,8-23H2,1-2H3/b7-5+/t24-,25-,26-,29+,30+,31+,32+,33-,34-,35-,36+/m1/s1. The summed E-state index contributed by atoms with van der Waals surface area (Å²) in [6, 6.07) is 0. The van der Waals surface area contributed by atoms with Gasteiger partial charge in [0.15, 0.2) is 18.7 Å². The molecular formula is C36H64O15. The van der Waals surface area contributed by atoms with Gasteiger partial charge in [-0.05, 0) is 32.1 Å². The van der Waals surface area contributed by atoms with Gasteiger partial charge >= 0.3 is 11.9 Å². The number of hydrogen-bond donors (Lipinski definition) is 7. The third-order valence-electron chi connectivity index (χ3n) is 9.00. The van der Waals surface area contributed by atoms with Gasteiger partial charge in [0.05, 0.1) is 19.8 Å². The summed E-state index contributed by atoms with van der Waals surface area (Å²) in [5.41, 5.74) is 0. The van der Waals surface area contributed by atoms with E-state index in [1.807, 2.05) is 0 Å². The molecule has 2 heterocycles. The number of unbranched alkanes of at least 4 members (excludes halogenated alkanes) is 10. The normalized spacial score (nSPS) is 30.4. The molecule has 51 heavy (non-hydrogen) atoms. The fourth-order valence-corrected chi connectivity index (χ4v) is 5.80. The van der Waals surface area contributed by atoms with Crippen LogP contribution in [0.25, 0.3) is 0 Å². The zero-order valence-electron chi connectivity index (χ0n) is 30.3. The molecule has 2 aliphatic rings. The van der Waals surface area contributed by atoms with Crippen LogP contribution in [-0.4, -0.2) is 142 Å². The SMILES string of the molecule is CC/C=C/CCCCCCCC(=O)OC[C@H](CO[C@@H]1O[C@H](CO[C@H]2O[C@H](CO)[C@H](O)[C@H](O)[C@H]2O)[C@H](O)[C@H](O)[C@H]1O)OC(=O)CCCCCCCC. The van der Waals surface area contributed by atoms with Gasteiger partial charge in [0, 0.05) is 12.8 Å². The smallest absolute Gasteiger partial charge is 0.306 e. The van der Waals surface area contributed by atoms with Crippen molar-refractivity contribution in [3.63, 3.8) is 0 Å². The van der Waals surface area contributed by atoms with E-state index in [0.29, 0.717) is 12.8 Å². The highest BCUT2D eigenvalue weighted by Crippen LogP contribution is 2.26. The van der Waals surface area contributed by atoms with Crippen molar-refractivity contribution >= 4 is 11.9 Å². The predicted octanol–water partition coefficient (Wildman–Crippen LogP) is 1.53. The zero-order chi connectivity index (χ0) is 37.6. The second-order valence-corrected chi connectivity index (χ2v) is 13.4. The van der Waals surface area contributed by atoms with Crippen LogP contribution in [0.1, 0.15) is 110 Å². The highest BCUT2D eigenvalue weighted by molar-refractivity contribution is 5.70. The highest BCUT2D eigenvalue weighted by Gasteiger charge is 2.47. The summed E-state index contributed by atoms with van der Waals surface area (Å²) in [4.78, 5) is 25.2. The molecule has 0 amide bonds. The van der Waals surface area contributed by atoms with Crippen LogP contribution in [0.15, 0.2) is 12.2 Å².